The van der Waals surface area contributed by atoms with Crippen LogP contribution in [-0.2, 0) is 6.54 Å². The number of aryl methyl sites for hydroxylation is 1. The Morgan fingerprint density at radius 2 is 2.05 bits per heavy atom. The number of hydrogen-bond donors (Lipinski definition) is 0. The second-order valence-electron chi connectivity index (χ2n) is 4.66. The topological polar surface area (TPSA) is 54.5 Å². The second-order valence-corrected chi connectivity index (χ2v) is 5.07. The number of hydrogen-bond acceptors (Lipinski definition) is 3. The van der Waals surface area contributed by atoms with Gasteiger partial charge in [-0.05, 0) is 12.5 Å². The zero-order chi connectivity index (χ0) is 14.4. The first-order valence-electron chi connectivity index (χ1n) is 6.86. The predicted molar refractivity (Wildman–Crippen MR) is 79.3 cm³/mol. The van der Waals surface area contributed by atoms with E-state index in [2.05, 4.69) is 23.3 Å². The van der Waals surface area contributed by atoms with Crippen LogP contribution in [0.5, 0.6) is 0 Å². The normalized spacial score (nSPS) is 10.4. The molecule has 20 heavy (non-hydrogen) atoms. The van der Waals surface area contributed by atoms with Crippen LogP contribution in [0.2, 0.25) is 5.02 Å². The van der Waals surface area contributed by atoms with E-state index in [0.717, 1.165) is 30.6 Å². The Labute approximate surface area is 124 Å². The number of halogens is 1. The van der Waals surface area contributed by atoms with Crippen molar-refractivity contribution in [3.8, 4) is 17.3 Å². The molecule has 0 saturated carbocycles. The number of nitrogens with zero attached hydrogens (tertiary/aromatic N) is 4. The van der Waals surface area contributed by atoms with Gasteiger partial charge in [-0.2, -0.15) is 5.26 Å². The minimum absolute atomic E-state index is 0.327. The van der Waals surface area contributed by atoms with Crippen LogP contribution >= 0.6 is 11.6 Å². The summed E-state index contributed by atoms with van der Waals surface area (Å²) in [4.78, 5) is 0. The third kappa shape index (κ3) is 3.17. The van der Waals surface area contributed by atoms with Gasteiger partial charge in [0, 0.05) is 12.1 Å². The van der Waals surface area contributed by atoms with E-state index in [-0.39, 0.29) is 0 Å². The van der Waals surface area contributed by atoms with Gasteiger partial charge in [-0.25, -0.2) is 4.68 Å². The molecule has 0 unspecified atom stereocenters. The molecule has 4 nitrogen and oxygen atoms in total. The van der Waals surface area contributed by atoms with Crippen LogP contribution in [0.4, 0.5) is 0 Å². The largest absolute Gasteiger partial charge is 0.243 e. The molecular weight excluding hydrogens is 272 g/mol. The maximum Gasteiger partial charge on any atom is 0.190 e. The lowest BCUT2D eigenvalue weighted by Crippen LogP contribution is -2.03. The first-order chi connectivity index (χ1) is 9.77. The van der Waals surface area contributed by atoms with Gasteiger partial charge in [-0.1, -0.05) is 61.2 Å². The average Bonchev–Trinajstić information content (AvgIpc) is 2.87. The Balaban J connectivity index is 2.29. The maximum atomic E-state index is 9.18. The van der Waals surface area contributed by atoms with Gasteiger partial charge in [0.15, 0.2) is 5.69 Å². The maximum absolute atomic E-state index is 9.18. The van der Waals surface area contributed by atoms with Crippen LogP contribution in [0.25, 0.3) is 11.3 Å². The van der Waals surface area contributed by atoms with Crippen molar-refractivity contribution in [1.29, 1.82) is 5.26 Å². The van der Waals surface area contributed by atoms with E-state index >= 15 is 0 Å². The minimum atomic E-state index is 0.327. The molecule has 2 rings (SSSR count). The van der Waals surface area contributed by atoms with Crippen LogP contribution in [0.1, 0.15) is 38.3 Å². The van der Waals surface area contributed by atoms with E-state index in [9.17, 15) is 5.26 Å². The monoisotopic (exact) mass is 288 g/mol. The molecule has 1 heterocycles. The first kappa shape index (κ1) is 14.5. The fourth-order valence-corrected chi connectivity index (χ4v) is 2.38. The molecule has 5 heteroatoms. The molecule has 0 aliphatic carbocycles. The zero-order valence-electron chi connectivity index (χ0n) is 11.5. The Kier molecular flexibility index (Phi) is 5.14. The Morgan fingerprint density at radius 3 is 2.75 bits per heavy atom. The predicted octanol–water partition coefficient (Wildman–Crippen LogP) is 4.05. The molecule has 1 aromatic heterocycles. The van der Waals surface area contributed by atoms with Crippen LogP contribution < -0.4 is 0 Å². The van der Waals surface area contributed by atoms with Crippen molar-refractivity contribution in [3.63, 3.8) is 0 Å². The molecule has 1 aromatic carbocycles. The smallest absolute Gasteiger partial charge is 0.190 e. The van der Waals surface area contributed by atoms with Crippen molar-refractivity contribution in [1.82, 2.24) is 15.0 Å². The van der Waals surface area contributed by atoms with Gasteiger partial charge in [-0.15, -0.1) is 5.10 Å². The Bertz CT molecular complexity index is 613. The van der Waals surface area contributed by atoms with Crippen molar-refractivity contribution in [3.05, 3.63) is 35.0 Å². The lowest BCUT2D eigenvalue weighted by atomic mass is 10.1. The van der Waals surface area contributed by atoms with Crippen LogP contribution in [0.3, 0.4) is 0 Å². The Morgan fingerprint density at radius 1 is 1.25 bits per heavy atom. The highest BCUT2D eigenvalue weighted by molar-refractivity contribution is 6.33. The highest BCUT2D eigenvalue weighted by atomic mass is 35.5. The molecule has 0 saturated heterocycles. The summed E-state index contributed by atoms with van der Waals surface area (Å²) >= 11 is 6.22. The van der Waals surface area contributed by atoms with Crippen molar-refractivity contribution in [2.45, 2.75) is 39.2 Å². The van der Waals surface area contributed by atoms with Gasteiger partial charge in [0.2, 0.25) is 0 Å². The minimum Gasteiger partial charge on any atom is -0.243 e. The van der Waals surface area contributed by atoms with Crippen LogP contribution in [0.15, 0.2) is 24.3 Å². The molecule has 2 aromatic rings. The highest BCUT2D eigenvalue weighted by Crippen LogP contribution is 2.29. The van der Waals surface area contributed by atoms with Crippen molar-refractivity contribution in [2.24, 2.45) is 0 Å². The quantitative estimate of drug-likeness (QED) is 0.754. The molecule has 0 radical (unpaired) electrons. The Hall–Kier alpha value is -1.86. The van der Waals surface area contributed by atoms with Gasteiger partial charge < -0.3 is 0 Å². The summed E-state index contributed by atoms with van der Waals surface area (Å²) in [5.74, 6) is 0. The number of unbranched alkanes of at least 4 members (excludes halogenated alkanes) is 3. The van der Waals surface area contributed by atoms with E-state index in [1.54, 1.807) is 4.68 Å². The third-order valence-electron chi connectivity index (χ3n) is 3.19. The SMILES string of the molecule is CCCCCCn1nnc(C#N)c1-c1ccccc1Cl. The van der Waals surface area contributed by atoms with E-state index < -0.39 is 0 Å². The fourth-order valence-electron chi connectivity index (χ4n) is 2.15. The summed E-state index contributed by atoms with van der Waals surface area (Å²) in [6, 6.07) is 9.56. The van der Waals surface area contributed by atoms with Gasteiger partial charge in [0.25, 0.3) is 0 Å². The highest BCUT2D eigenvalue weighted by Gasteiger charge is 2.16. The average molecular weight is 289 g/mol. The van der Waals surface area contributed by atoms with E-state index in [0.29, 0.717) is 10.7 Å². The van der Waals surface area contributed by atoms with Gasteiger partial charge in [-0.3, -0.25) is 0 Å². The van der Waals surface area contributed by atoms with Crippen molar-refractivity contribution in [2.75, 3.05) is 0 Å². The van der Waals surface area contributed by atoms with Gasteiger partial charge in [0.1, 0.15) is 11.8 Å². The lowest BCUT2D eigenvalue weighted by molar-refractivity contribution is 0.531. The molecule has 0 amide bonds. The summed E-state index contributed by atoms with van der Waals surface area (Å²) in [6.45, 7) is 2.94. The summed E-state index contributed by atoms with van der Waals surface area (Å²) < 4.78 is 1.79. The molecule has 0 fully saturated rings. The molecule has 104 valence electrons. The number of rotatable bonds is 6. The summed E-state index contributed by atoms with van der Waals surface area (Å²) in [5, 5.41) is 17.8. The van der Waals surface area contributed by atoms with Crippen molar-refractivity contribution >= 4 is 11.6 Å². The number of nitriles is 1. The molecule has 0 aliphatic heterocycles. The van der Waals surface area contributed by atoms with E-state index in [4.69, 9.17) is 11.6 Å². The van der Waals surface area contributed by atoms with Crippen LogP contribution in [0, 0.1) is 11.3 Å². The number of benzene rings is 1. The zero-order valence-corrected chi connectivity index (χ0v) is 12.3. The molecule has 0 N–H and O–H groups in total. The molecular formula is C15H17ClN4. The lowest BCUT2D eigenvalue weighted by Gasteiger charge is -2.08. The van der Waals surface area contributed by atoms with Crippen LogP contribution in [-0.4, -0.2) is 15.0 Å². The molecule has 0 aliphatic rings. The van der Waals surface area contributed by atoms with Gasteiger partial charge >= 0.3 is 0 Å². The molecule has 0 bridgehead atoms. The van der Waals surface area contributed by atoms with Crippen molar-refractivity contribution < 1.29 is 0 Å². The van der Waals surface area contributed by atoms with E-state index in [1.807, 2.05) is 24.3 Å². The standard InChI is InChI=1S/C15H17ClN4/c1-2-3-4-7-10-20-15(14(11-17)18-19-20)12-8-5-6-9-13(12)16/h5-6,8-9H,2-4,7,10H2,1H3. The van der Waals surface area contributed by atoms with Gasteiger partial charge in [0.05, 0.1) is 5.02 Å². The second kappa shape index (κ2) is 7.06. The fraction of sp³-hybridized carbons (Fsp3) is 0.400. The summed E-state index contributed by atoms with van der Waals surface area (Å²) in [6.07, 6.45) is 4.58. The summed E-state index contributed by atoms with van der Waals surface area (Å²) in [5.41, 5.74) is 1.86. The molecule has 0 atom stereocenters. The molecule has 0 spiro atoms. The first-order valence-corrected chi connectivity index (χ1v) is 7.24. The third-order valence-corrected chi connectivity index (χ3v) is 3.52. The van der Waals surface area contributed by atoms with E-state index in [1.165, 1.54) is 12.8 Å². The number of aromatic nitrogens is 3. The summed E-state index contributed by atoms with van der Waals surface area (Å²) in [7, 11) is 0.